The summed E-state index contributed by atoms with van der Waals surface area (Å²) in [5.41, 5.74) is 2.15. The Morgan fingerprint density at radius 1 is 1.04 bits per heavy atom. The van der Waals surface area contributed by atoms with E-state index in [4.69, 9.17) is 14.2 Å². The van der Waals surface area contributed by atoms with Crippen LogP contribution in [0, 0.1) is 0 Å². The van der Waals surface area contributed by atoms with Crippen molar-refractivity contribution in [3.05, 3.63) is 47.5 Å². The van der Waals surface area contributed by atoms with Crippen LogP contribution >= 0.6 is 0 Å². The molecule has 0 radical (unpaired) electrons. The van der Waals surface area contributed by atoms with Gasteiger partial charge in [-0.15, -0.1) is 0 Å². The Labute approximate surface area is 152 Å². The van der Waals surface area contributed by atoms with Crippen molar-refractivity contribution in [2.24, 2.45) is 0 Å². The lowest BCUT2D eigenvalue weighted by atomic mass is 10.1. The van der Waals surface area contributed by atoms with Gasteiger partial charge in [0.2, 0.25) is 0 Å². The van der Waals surface area contributed by atoms with Crippen LogP contribution in [-0.2, 0) is 11.2 Å². The summed E-state index contributed by atoms with van der Waals surface area (Å²) in [5, 5.41) is 2.80. The van der Waals surface area contributed by atoms with Gasteiger partial charge in [0.1, 0.15) is 5.75 Å². The number of Topliss-reactive ketones (excluding diaryl/α,β-unsaturated/α-hetero) is 1. The highest BCUT2D eigenvalue weighted by molar-refractivity contribution is 6.01. The van der Waals surface area contributed by atoms with E-state index in [2.05, 4.69) is 5.32 Å². The molecule has 1 atom stereocenters. The zero-order chi connectivity index (χ0) is 18.7. The van der Waals surface area contributed by atoms with E-state index < -0.39 is 6.10 Å². The molecule has 2 aromatic carbocycles. The molecule has 0 saturated carbocycles. The summed E-state index contributed by atoms with van der Waals surface area (Å²) in [4.78, 5) is 24.3. The molecule has 3 rings (SSSR count). The molecule has 6 nitrogen and oxygen atoms in total. The topological polar surface area (TPSA) is 73.9 Å². The van der Waals surface area contributed by atoms with Crippen molar-refractivity contribution in [1.82, 2.24) is 0 Å². The smallest absolute Gasteiger partial charge is 0.265 e. The van der Waals surface area contributed by atoms with Crippen LogP contribution in [0.3, 0.4) is 0 Å². The fourth-order valence-electron chi connectivity index (χ4n) is 2.97. The second kappa shape index (κ2) is 7.47. The van der Waals surface area contributed by atoms with Gasteiger partial charge in [-0.1, -0.05) is 12.1 Å². The quantitative estimate of drug-likeness (QED) is 0.861. The molecular formula is C20H21NO5. The third kappa shape index (κ3) is 3.49. The SMILES string of the molecule is COc1ccc(NC(=O)C(C)Oc2cccc3c2CCC3=O)cc1OC. The van der Waals surface area contributed by atoms with Crippen LogP contribution in [-0.4, -0.2) is 32.0 Å². The number of hydrogen-bond donors (Lipinski definition) is 1. The molecule has 6 heteroatoms. The highest BCUT2D eigenvalue weighted by Crippen LogP contribution is 2.32. The third-order valence-electron chi connectivity index (χ3n) is 4.36. The third-order valence-corrected chi connectivity index (χ3v) is 4.36. The number of benzene rings is 2. The minimum atomic E-state index is -0.717. The maximum Gasteiger partial charge on any atom is 0.265 e. The molecule has 0 aromatic heterocycles. The van der Waals surface area contributed by atoms with Gasteiger partial charge in [-0.2, -0.15) is 0 Å². The van der Waals surface area contributed by atoms with Crippen molar-refractivity contribution in [1.29, 1.82) is 0 Å². The number of methoxy groups -OCH3 is 2. The molecule has 0 spiro atoms. The molecule has 1 amide bonds. The summed E-state index contributed by atoms with van der Waals surface area (Å²) in [6.45, 7) is 1.67. The minimum Gasteiger partial charge on any atom is -0.493 e. The van der Waals surface area contributed by atoms with Crippen molar-refractivity contribution >= 4 is 17.4 Å². The van der Waals surface area contributed by atoms with E-state index in [1.807, 2.05) is 0 Å². The molecule has 2 aromatic rings. The van der Waals surface area contributed by atoms with Crippen LogP contribution in [0.1, 0.15) is 29.3 Å². The summed E-state index contributed by atoms with van der Waals surface area (Å²) in [6.07, 6.45) is 0.418. The molecule has 1 aliphatic carbocycles. The van der Waals surface area contributed by atoms with E-state index >= 15 is 0 Å². The summed E-state index contributed by atoms with van der Waals surface area (Å²) < 4.78 is 16.2. The van der Waals surface area contributed by atoms with Gasteiger partial charge in [0, 0.05) is 29.3 Å². The van der Waals surface area contributed by atoms with Gasteiger partial charge in [0.05, 0.1) is 14.2 Å². The Kier molecular flexibility index (Phi) is 5.11. The van der Waals surface area contributed by atoms with Crippen LogP contribution in [0.4, 0.5) is 5.69 Å². The highest BCUT2D eigenvalue weighted by atomic mass is 16.5. The number of carbonyl (C=O) groups excluding carboxylic acids is 2. The minimum absolute atomic E-state index is 0.118. The molecule has 0 fully saturated rings. The van der Waals surface area contributed by atoms with Gasteiger partial charge in [-0.3, -0.25) is 9.59 Å². The second-order valence-electron chi connectivity index (χ2n) is 6.02. The number of anilines is 1. The fourth-order valence-corrected chi connectivity index (χ4v) is 2.97. The van der Waals surface area contributed by atoms with Crippen molar-refractivity contribution in [2.75, 3.05) is 19.5 Å². The first kappa shape index (κ1) is 17.8. The molecule has 0 bridgehead atoms. The average Bonchev–Trinajstić information content (AvgIpc) is 3.03. The first-order chi connectivity index (χ1) is 12.5. The largest absolute Gasteiger partial charge is 0.493 e. The second-order valence-corrected chi connectivity index (χ2v) is 6.02. The summed E-state index contributed by atoms with van der Waals surface area (Å²) in [5.74, 6) is 1.52. The normalized spacial score (nSPS) is 13.7. The number of fused-ring (bicyclic) bond motifs is 1. The molecular weight excluding hydrogens is 334 g/mol. The first-order valence-corrected chi connectivity index (χ1v) is 8.38. The van der Waals surface area contributed by atoms with Gasteiger partial charge in [0.15, 0.2) is 23.4 Å². The summed E-state index contributed by atoms with van der Waals surface area (Å²) in [6, 6.07) is 10.5. The number of hydrogen-bond acceptors (Lipinski definition) is 5. The molecule has 136 valence electrons. The van der Waals surface area contributed by atoms with Crippen molar-refractivity contribution in [3.63, 3.8) is 0 Å². The lowest BCUT2D eigenvalue weighted by Crippen LogP contribution is -2.30. The van der Waals surface area contributed by atoms with E-state index in [9.17, 15) is 9.59 Å². The molecule has 1 N–H and O–H groups in total. The maximum absolute atomic E-state index is 12.5. The highest BCUT2D eigenvalue weighted by Gasteiger charge is 2.24. The molecule has 1 aliphatic rings. The molecule has 26 heavy (non-hydrogen) atoms. The monoisotopic (exact) mass is 355 g/mol. The number of nitrogens with one attached hydrogen (secondary N) is 1. The zero-order valence-corrected chi connectivity index (χ0v) is 15.0. The Hall–Kier alpha value is -3.02. The summed E-state index contributed by atoms with van der Waals surface area (Å²) >= 11 is 0. The van der Waals surface area contributed by atoms with E-state index in [1.54, 1.807) is 50.4 Å². The molecule has 0 heterocycles. The summed E-state index contributed by atoms with van der Waals surface area (Å²) in [7, 11) is 3.08. The van der Waals surface area contributed by atoms with E-state index in [-0.39, 0.29) is 11.7 Å². The number of rotatable bonds is 6. The zero-order valence-electron chi connectivity index (χ0n) is 15.0. The van der Waals surface area contributed by atoms with Crippen molar-refractivity contribution < 1.29 is 23.8 Å². The van der Waals surface area contributed by atoms with Crippen molar-refractivity contribution in [3.8, 4) is 17.2 Å². The first-order valence-electron chi connectivity index (χ1n) is 8.38. The van der Waals surface area contributed by atoms with Gasteiger partial charge < -0.3 is 19.5 Å². The molecule has 1 unspecified atom stereocenters. The molecule has 0 saturated heterocycles. The van der Waals surface area contributed by atoms with Crippen LogP contribution in [0.5, 0.6) is 17.2 Å². The Morgan fingerprint density at radius 3 is 2.54 bits per heavy atom. The Bertz CT molecular complexity index is 846. The fraction of sp³-hybridized carbons (Fsp3) is 0.300. The van der Waals surface area contributed by atoms with E-state index in [0.717, 1.165) is 5.56 Å². The number of carbonyl (C=O) groups is 2. The standard InChI is InChI=1S/C20H21NO5/c1-12(26-17-6-4-5-14-15(17)8-9-16(14)22)20(23)21-13-7-10-18(24-2)19(11-13)25-3/h4-7,10-12H,8-9H2,1-3H3,(H,21,23). The van der Waals surface area contributed by atoms with Crippen LogP contribution in [0.25, 0.3) is 0 Å². The molecule has 0 aliphatic heterocycles. The lowest BCUT2D eigenvalue weighted by molar-refractivity contribution is -0.122. The predicted molar refractivity (Wildman–Crippen MR) is 97.4 cm³/mol. The van der Waals surface area contributed by atoms with Crippen LogP contribution < -0.4 is 19.5 Å². The lowest BCUT2D eigenvalue weighted by Gasteiger charge is -2.17. The average molecular weight is 355 g/mol. The van der Waals surface area contributed by atoms with E-state index in [0.29, 0.717) is 41.3 Å². The number of ketones is 1. The Balaban J connectivity index is 1.70. The van der Waals surface area contributed by atoms with Crippen LogP contribution in [0.2, 0.25) is 0 Å². The predicted octanol–water partition coefficient (Wildman–Crippen LogP) is 3.24. The maximum atomic E-state index is 12.5. The van der Waals surface area contributed by atoms with Gasteiger partial charge in [-0.05, 0) is 31.5 Å². The Morgan fingerprint density at radius 2 is 1.81 bits per heavy atom. The number of amides is 1. The van der Waals surface area contributed by atoms with Gasteiger partial charge in [0.25, 0.3) is 5.91 Å². The van der Waals surface area contributed by atoms with Crippen molar-refractivity contribution in [2.45, 2.75) is 25.9 Å². The van der Waals surface area contributed by atoms with Gasteiger partial charge in [-0.25, -0.2) is 0 Å². The van der Waals surface area contributed by atoms with E-state index in [1.165, 1.54) is 7.11 Å². The van der Waals surface area contributed by atoms with Gasteiger partial charge >= 0.3 is 0 Å². The number of ether oxygens (including phenoxy) is 3. The van der Waals surface area contributed by atoms with Crippen LogP contribution in [0.15, 0.2) is 36.4 Å².